The Labute approximate surface area is 167 Å². The van der Waals surface area contributed by atoms with Crippen molar-refractivity contribution in [1.29, 1.82) is 0 Å². The molecule has 0 radical (unpaired) electrons. The van der Waals surface area contributed by atoms with E-state index in [0.29, 0.717) is 34.1 Å². The number of sulfonamides is 1. The molecule has 0 saturated carbocycles. The van der Waals surface area contributed by atoms with E-state index >= 15 is 0 Å². The van der Waals surface area contributed by atoms with Crippen LogP contribution < -0.4 is 9.46 Å². The van der Waals surface area contributed by atoms with Gasteiger partial charge >= 0.3 is 0 Å². The molecular weight excluding hydrogens is 406 g/mol. The van der Waals surface area contributed by atoms with Gasteiger partial charge < -0.3 is 4.74 Å². The third-order valence-electron chi connectivity index (χ3n) is 3.45. The Hall–Kier alpha value is -2.16. The van der Waals surface area contributed by atoms with E-state index in [9.17, 15) is 8.42 Å². The molecule has 2 aromatic heterocycles. The molecule has 0 aliphatic rings. The van der Waals surface area contributed by atoms with E-state index in [-0.39, 0.29) is 4.21 Å². The van der Waals surface area contributed by atoms with Gasteiger partial charge in [-0.1, -0.05) is 37.6 Å². The van der Waals surface area contributed by atoms with Crippen LogP contribution >= 0.6 is 22.9 Å². The summed E-state index contributed by atoms with van der Waals surface area (Å²) in [5, 5.41) is 8.21. The summed E-state index contributed by atoms with van der Waals surface area (Å²) in [6.07, 6.45) is 0. The van der Waals surface area contributed by atoms with E-state index < -0.39 is 10.0 Å². The first-order valence-corrected chi connectivity index (χ1v) is 10.9. The number of ether oxygens (including phenoxy) is 1. The van der Waals surface area contributed by atoms with Gasteiger partial charge in [-0.05, 0) is 36.2 Å². The number of nitrogens with zero attached hydrogens (tertiary/aromatic N) is 2. The minimum Gasteiger partial charge on any atom is -0.476 e. The highest BCUT2D eigenvalue weighted by molar-refractivity contribution is 7.94. The molecule has 0 bridgehead atoms. The maximum absolute atomic E-state index is 12.3. The average molecular weight is 424 g/mol. The van der Waals surface area contributed by atoms with Crippen LogP contribution in [0.1, 0.15) is 13.8 Å². The molecule has 0 saturated heterocycles. The fourth-order valence-corrected chi connectivity index (χ4v) is 4.70. The summed E-state index contributed by atoms with van der Waals surface area (Å²) in [4.78, 5) is 0. The van der Waals surface area contributed by atoms with Crippen LogP contribution in [0.2, 0.25) is 4.34 Å². The second-order valence-electron chi connectivity index (χ2n) is 6.20. The maximum atomic E-state index is 12.3. The summed E-state index contributed by atoms with van der Waals surface area (Å²) >= 11 is 6.81. The van der Waals surface area contributed by atoms with Gasteiger partial charge in [0.25, 0.3) is 10.0 Å². The Bertz CT molecular complexity index is 1000. The van der Waals surface area contributed by atoms with Crippen molar-refractivity contribution < 1.29 is 13.2 Å². The van der Waals surface area contributed by atoms with Gasteiger partial charge in [0.05, 0.1) is 16.6 Å². The molecular formula is C18H18ClN3O3S2. The number of anilines is 1. The number of hydrogen-bond donors (Lipinski definition) is 1. The molecule has 2 heterocycles. The van der Waals surface area contributed by atoms with Crippen LogP contribution in [0.5, 0.6) is 5.88 Å². The quantitative estimate of drug-likeness (QED) is 0.595. The molecule has 0 atom stereocenters. The first kappa shape index (κ1) is 19.6. The van der Waals surface area contributed by atoms with Crippen LogP contribution in [-0.2, 0) is 10.0 Å². The molecule has 142 valence electrons. The fraction of sp³-hybridized carbons (Fsp3) is 0.222. The van der Waals surface area contributed by atoms with Gasteiger partial charge in [-0.15, -0.1) is 21.5 Å². The van der Waals surface area contributed by atoms with Gasteiger partial charge in [0.15, 0.2) is 0 Å². The molecule has 1 aromatic carbocycles. The van der Waals surface area contributed by atoms with Crippen molar-refractivity contribution >= 4 is 38.6 Å². The van der Waals surface area contributed by atoms with Gasteiger partial charge in [-0.25, -0.2) is 8.42 Å². The van der Waals surface area contributed by atoms with E-state index in [1.807, 2.05) is 6.07 Å². The van der Waals surface area contributed by atoms with E-state index in [2.05, 4.69) is 28.8 Å². The molecule has 27 heavy (non-hydrogen) atoms. The molecule has 0 fully saturated rings. The average Bonchev–Trinajstić information content (AvgIpc) is 3.08. The largest absolute Gasteiger partial charge is 0.476 e. The zero-order chi connectivity index (χ0) is 19.4. The van der Waals surface area contributed by atoms with Crippen molar-refractivity contribution in [3.63, 3.8) is 0 Å². The normalized spacial score (nSPS) is 11.6. The Kier molecular flexibility index (Phi) is 5.98. The van der Waals surface area contributed by atoms with Crippen molar-refractivity contribution in [3.8, 4) is 17.1 Å². The molecule has 9 heteroatoms. The second-order valence-corrected chi connectivity index (χ2v) is 9.83. The zero-order valence-corrected chi connectivity index (χ0v) is 17.1. The second kappa shape index (κ2) is 8.24. The van der Waals surface area contributed by atoms with Crippen molar-refractivity contribution in [2.45, 2.75) is 18.1 Å². The minimum atomic E-state index is -3.65. The van der Waals surface area contributed by atoms with Crippen molar-refractivity contribution in [3.05, 3.63) is 52.9 Å². The third-order valence-corrected chi connectivity index (χ3v) is 6.56. The molecule has 0 aliphatic heterocycles. The number of halogens is 1. The van der Waals surface area contributed by atoms with Crippen LogP contribution in [-0.4, -0.2) is 25.2 Å². The Morgan fingerprint density at radius 2 is 1.81 bits per heavy atom. The highest BCUT2D eigenvalue weighted by Gasteiger charge is 2.16. The van der Waals surface area contributed by atoms with E-state index in [4.69, 9.17) is 16.3 Å². The maximum Gasteiger partial charge on any atom is 0.271 e. The van der Waals surface area contributed by atoms with Crippen molar-refractivity contribution in [2.75, 3.05) is 11.3 Å². The van der Waals surface area contributed by atoms with E-state index in [0.717, 1.165) is 16.9 Å². The van der Waals surface area contributed by atoms with Crippen LogP contribution in [0.15, 0.2) is 52.7 Å². The molecule has 0 amide bonds. The molecule has 0 spiro atoms. The summed E-state index contributed by atoms with van der Waals surface area (Å²) < 4.78 is 33.3. The number of benzene rings is 1. The first-order valence-electron chi connectivity index (χ1n) is 8.18. The fourth-order valence-electron chi connectivity index (χ4n) is 2.16. The number of aromatic nitrogens is 2. The van der Waals surface area contributed by atoms with E-state index in [1.165, 1.54) is 6.07 Å². The number of thiophene rings is 1. The first-order chi connectivity index (χ1) is 12.8. The van der Waals surface area contributed by atoms with Crippen molar-refractivity contribution in [2.24, 2.45) is 5.92 Å². The molecule has 6 nitrogen and oxygen atoms in total. The lowest BCUT2D eigenvalue weighted by Crippen LogP contribution is -2.11. The number of hydrogen-bond acceptors (Lipinski definition) is 6. The van der Waals surface area contributed by atoms with Crippen LogP contribution in [0.4, 0.5) is 5.69 Å². The molecule has 3 aromatic rings. The lowest BCUT2D eigenvalue weighted by Gasteiger charge is -2.08. The monoisotopic (exact) mass is 423 g/mol. The summed E-state index contributed by atoms with van der Waals surface area (Å²) in [5.74, 6) is 0.888. The van der Waals surface area contributed by atoms with Gasteiger partial charge in [0.1, 0.15) is 4.21 Å². The highest BCUT2D eigenvalue weighted by atomic mass is 35.5. The third kappa shape index (κ3) is 5.18. The standard InChI is InChI=1S/C18H18ClN3O3S2/c1-12(2)11-25-17-9-7-15(20-21-17)13-3-5-14(6-4-13)22-27(23,24)18-10-8-16(19)26-18/h3-10,12,22H,11H2,1-2H3. The topological polar surface area (TPSA) is 81.2 Å². The lowest BCUT2D eigenvalue weighted by molar-refractivity contribution is 0.258. The summed E-state index contributed by atoms with van der Waals surface area (Å²) in [7, 11) is -3.65. The molecule has 3 rings (SSSR count). The molecule has 1 N–H and O–H groups in total. The van der Waals surface area contributed by atoms with Crippen LogP contribution in [0, 0.1) is 5.92 Å². The van der Waals surface area contributed by atoms with Crippen molar-refractivity contribution in [1.82, 2.24) is 10.2 Å². The minimum absolute atomic E-state index is 0.166. The number of nitrogens with one attached hydrogen (secondary N) is 1. The van der Waals surface area contributed by atoms with Crippen LogP contribution in [0.25, 0.3) is 11.3 Å². The lowest BCUT2D eigenvalue weighted by atomic mass is 10.1. The Balaban J connectivity index is 1.70. The predicted molar refractivity (Wildman–Crippen MR) is 108 cm³/mol. The Morgan fingerprint density at radius 1 is 1.07 bits per heavy atom. The van der Waals surface area contributed by atoms with Crippen LogP contribution in [0.3, 0.4) is 0 Å². The summed E-state index contributed by atoms with van der Waals surface area (Å²) in [5.41, 5.74) is 1.94. The summed E-state index contributed by atoms with van der Waals surface area (Å²) in [6.45, 7) is 4.70. The smallest absolute Gasteiger partial charge is 0.271 e. The summed E-state index contributed by atoms with van der Waals surface area (Å²) in [6, 6.07) is 13.5. The molecule has 0 aliphatic carbocycles. The van der Waals surface area contributed by atoms with Gasteiger partial charge in [-0.2, -0.15) is 0 Å². The Morgan fingerprint density at radius 3 is 2.37 bits per heavy atom. The van der Waals surface area contributed by atoms with Gasteiger partial charge in [0, 0.05) is 17.3 Å². The molecule has 0 unspecified atom stereocenters. The van der Waals surface area contributed by atoms with Gasteiger partial charge in [-0.3, -0.25) is 4.72 Å². The SMILES string of the molecule is CC(C)COc1ccc(-c2ccc(NS(=O)(=O)c3ccc(Cl)s3)cc2)nn1. The zero-order valence-electron chi connectivity index (χ0n) is 14.7. The van der Waals surface area contributed by atoms with Gasteiger partial charge in [0.2, 0.25) is 5.88 Å². The highest BCUT2D eigenvalue weighted by Crippen LogP contribution is 2.28. The number of rotatable bonds is 7. The van der Waals surface area contributed by atoms with E-state index in [1.54, 1.807) is 36.4 Å². The predicted octanol–water partition coefficient (Wildman–Crippen LogP) is 4.69.